The lowest BCUT2D eigenvalue weighted by molar-refractivity contribution is -0.0166. The third kappa shape index (κ3) is 2.38. The fourth-order valence-electron chi connectivity index (χ4n) is 6.16. The number of rotatable bonds is 3. The number of carbonyl (C=O) groups is 1. The van der Waals surface area contributed by atoms with E-state index in [9.17, 15) is 9.59 Å². The van der Waals surface area contributed by atoms with Crippen LogP contribution < -0.4 is 10.9 Å². The SMILES string of the molecule is CCn1cnc2sc(C(=O)NC34CC5CC(CC(C5)C3)C4)c(C)c2c1=O. The van der Waals surface area contributed by atoms with Crippen LogP contribution in [0.5, 0.6) is 0 Å². The van der Waals surface area contributed by atoms with E-state index in [-0.39, 0.29) is 17.0 Å². The highest BCUT2D eigenvalue weighted by atomic mass is 32.1. The molecule has 4 saturated carbocycles. The normalized spacial score (nSPS) is 32.3. The fourth-order valence-corrected chi connectivity index (χ4v) is 7.20. The first-order valence-electron chi connectivity index (χ1n) is 9.79. The predicted molar refractivity (Wildman–Crippen MR) is 103 cm³/mol. The Hall–Kier alpha value is -1.69. The maximum atomic E-state index is 13.1. The minimum Gasteiger partial charge on any atom is -0.346 e. The predicted octanol–water partition coefficient (Wildman–Crippen LogP) is 3.48. The van der Waals surface area contributed by atoms with Crippen LogP contribution in [0.4, 0.5) is 0 Å². The number of hydrogen-bond acceptors (Lipinski definition) is 4. The molecule has 6 heteroatoms. The van der Waals surface area contributed by atoms with Crippen molar-refractivity contribution in [2.24, 2.45) is 17.8 Å². The Kier molecular flexibility index (Phi) is 3.58. The number of thiophene rings is 1. The third-order valence-corrected chi connectivity index (χ3v) is 8.08. The molecule has 0 unspecified atom stereocenters. The van der Waals surface area contributed by atoms with Gasteiger partial charge in [-0.25, -0.2) is 4.98 Å². The Morgan fingerprint density at radius 3 is 2.46 bits per heavy atom. The fraction of sp³-hybridized carbons (Fsp3) is 0.650. The number of amides is 1. The van der Waals surface area contributed by atoms with E-state index in [2.05, 4.69) is 10.3 Å². The van der Waals surface area contributed by atoms with Gasteiger partial charge in [0.2, 0.25) is 0 Å². The molecule has 1 amide bonds. The molecule has 2 aromatic rings. The van der Waals surface area contributed by atoms with E-state index in [1.165, 1.54) is 30.6 Å². The van der Waals surface area contributed by atoms with Crippen molar-refractivity contribution >= 4 is 27.5 Å². The highest BCUT2D eigenvalue weighted by Crippen LogP contribution is 2.55. The summed E-state index contributed by atoms with van der Waals surface area (Å²) in [5.74, 6) is 2.38. The van der Waals surface area contributed by atoms with Crippen LogP contribution in [-0.2, 0) is 6.54 Å². The van der Waals surface area contributed by atoms with Crippen molar-refractivity contribution in [1.82, 2.24) is 14.9 Å². The maximum absolute atomic E-state index is 13.1. The maximum Gasteiger partial charge on any atom is 0.262 e. The Balaban J connectivity index is 1.49. The van der Waals surface area contributed by atoms with E-state index in [1.54, 1.807) is 10.9 Å². The van der Waals surface area contributed by atoms with Crippen molar-refractivity contribution in [1.29, 1.82) is 0 Å². The summed E-state index contributed by atoms with van der Waals surface area (Å²) in [6.45, 7) is 4.40. The van der Waals surface area contributed by atoms with Gasteiger partial charge >= 0.3 is 0 Å². The molecule has 0 radical (unpaired) electrons. The zero-order valence-electron chi connectivity index (χ0n) is 15.4. The van der Waals surface area contributed by atoms with E-state index < -0.39 is 0 Å². The first-order chi connectivity index (χ1) is 12.5. The molecule has 0 aromatic carbocycles. The van der Waals surface area contributed by atoms with Gasteiger partial charge < -0.3 is 5.32 Å². The van der Waals surface area contributed by atoms with Crippen molar-refractivity contribution < 1.29 is 4.79 Å². The minimum absolute atomic E-state index is 0.00472. The van der Waals surface area contributed by atoms with Gasteiger partial charge in [-0.15, -0.1) is 11.3 Å². The van der Waals surface area contributed by atoms with Gasteiger partial charge in [0.15, 0.2) is 0 Å². The molecule has 1 N–H and O–H groups in total. The van der Waals surface area contributed by atoms with Gasteiger partial charge in [0, 0.05) is 12.1 Å². The van der Waals surface area contributed by atoms with E-state index in [1.807, 2.05) is 13.8 Å². The van der Waals surface area contributed by atoms with Crippen LogP contribution in [0.1, 0.15) is 60.7 Å². The lowest BCUT2D eigenvalue weighted by Crippen LogP contribution is -2.59. The molecule has 5 nitrogen and oxygen atoms in total. The van der Waals surface area contributed by atoms with E-state index in [4.69, 9.17) is 0 Å². The summed E-state index contributed by atoms with van der Waals surface area (Å²) >= 11 is 1.36. The average Bonchev–Trinajstić information content (AvgIpc) is 2.91. The lowest BCUT2D eigenvalue weighted by Gasteiger charge is -2.56. The molecular weight excluding hydrogens is 346 g/mol. The number of nitrogens with one attached hydrogen (secondary N) is 1. The average molecular weight is 372 g/mol. The Morgan fingerprint density at radius 2 is 1.88 bits per heavy atom. The molecule has 4 fully saturated rings. The quantitative estimate of drug-likeness (QED) is 0.898. The van der Waals surface area contributed by atoms with Gasteiger partial charge in [-0.05, 0) is 75.7 Å². The summed E-state index contributed by atoms with van der Waals surface area (Å²) in [6.07, 6.45) is 9.06. The van der Waals surface area contributed by atoms with Crippen LogP contribution in [0.25, 0.3) is 10.2 Å². The highest BCUT2D eigenvalue weighted by Gasteiger charge is 2.51. The van der Waals surface area contributed by atoms with E-state index in [0.29, 0.717) is 21.6 Å². The van der Waals surface area contributed by atoms with Crippen molar-refractivity contribution in [2.75, 3.05) is 0 Å². The highest BCUT2D eigenvalue weighted by molar-refractivity contribution is 7.20. The molecule has 4 aliphatic rings. The molecule has 4 aliphatic carbocycles. The molecule has 0 atom stereocenters. The summed E-state index contributed by atoms with van der Waals surface area (Å²) in [5, 5.41) is 4.03. The number of nitrogens with zero attached hydrogens (tertiary/aromatic N) is 2. The van der Waals surface area contributed by atoms with Gasteiger partial charge in [-0.3, -0.25) is 14.2 Å². The number of hydrogen-bond donors (Lipinski definition) is 1. The Morgan fingerprint density at radius 1 is 1.27 bits per heavy atom. The number of fused-ring (bicyclic) bond motifs is 1. The summed E-state index contributed by atoms with van der Waals surface area (Å²) in [5.41, 5.74) is 0.735. The standard InChI is InChI=1S/C20H25N3O2S/c1-3-23-10-21-18-15(19(23)25)11(2)16(26-18)17(24)22-20-7-12-4-13(8-20)6-14(5-12)9-20/h10,12-14H,3-9H2,1-2H3,(H,22,24). The van der Waals surface area contributed by atoms with Crippen molar-refractivity contribution in [3.8, 4) is 0 Å². The van der Waals surface area contributed by atoms with Crippen LogP contribution in [0.15, 0.2) is 11.1 Å². The number of carbonyl (C=O) groups excluding carboxylic acids is 1. The Labute approximate surface area is 156 Å². The van der Waals surface area contributed by atoms with Gasteiger partial charge in [0.05, 0.1) is 16.6 Å². The number of aryl methyl sites for hydroxylation is 2. The van der Waals surface area contributed by atoms with Crippen LogP contribution in [0.3, 0.4) is 0 Å². The van der Waals surface area contributed by atoms with E-state index >= 15 is 0 Å². The van der Waals surface area contributed by atoms with Gasteiger partial charge in [0.1, 0.15) is 4.83 Å². The van der Waals surface area contributed by atoms with E-state index in [0.717, 1.165) is 42.6 Å². The summed E-state index contributed by atoms with van der Waals surface area (Å²) in [6, 6.07) is 0. The van der Waals surface area contributed by atoms with Crippen molar-refractivity contribution in [3.05, 3.63) is 27.1 Å². The van der Waals surface area contributed by atoms with Crippen molar-refractivity contribution in [3.63, 3.8) is 0 Å². The summed E-state index contributed by atoms with van der Waals surface area (Å²) in [7, 11) is 0. The largest absolute Gasteiger partial charge is 0.346 e. The van der Waals surface area contributed by atoms with Crippen molar-refractivity contribution in [2.45, 2.75) is 64.5 Å². The first kappa shape index (κ1) is 16.5. The molecule has 6 rings (SSSR count). The monoisotopic (exact) mass is 371 g/mol. The van der Waals surface area contributed by atoms with Gasteiger partial charge in [-0.2, -0.15) is 0 Å². The molecule has 2 heterocycles. The second kappa shape index (κ2) is 5.65. The molecule has 138 valence electrons. The van der Waals surface area contributed by atoms with Gasteiger partial charge in [-0.1, -0.05) is 0 Å². The topological polar surface area (TPSA) is 64.0 Å². The zero-order valence-corrected chi connectivity index (χ0v) is 16.2. The second-order valence-electron chi connectivity index (χ2n) is 8.72. The van der Waals surface area contributed by atoms with Gasteiger partial charge in [0.25, 0.3) is 11.5 Å². The minimum atomic E-state index is -0.0416. The summed E-state index contributed by atoms with van der Waals surface area (Å²) < 4.78 is 1.60. The van der Waals surface area contributed by atoms with Crippen LogP contribution >= 0.6 is 11.3 Å². The zero-order chi connectivity index (χ0) is 18.1. The molecular formula is C20H25N3O2S. The number of aromatic nitrogens is 2. The summed E-state index contributed by atoms with van der Waals surface area (Å²) in [4.78, 5) is 31.5. The second-order valence-corrected chi connectivity index (χ2v) is 9.72. The Bertz CT molecular complexity index is 923. The molecule has 0 aliphatic heterocycles. The molecule has 26 heavy (non-hydrogen) atoms. The third-order valence-electron chi connectivity index (χ3n) is 6.88. The van der Waals surface area contributed by atoms with Crippen LogP contribution in [0, 0.1) is 24.7 Å². The first-order valence-corrected chi connectivity index (χ1v) is 10.6. The molecule has 0 spiro atoms. The van der Waals surface area contributed by atoms with Crippen LogP contribution in [-0.4, -0.2) is 21.0 Å². The molecule has 2 aromatic heterocycles. The lowest BCUT2D eigenvalue weighted by atomic mass is 9.53. The molecule has 4 bridgehead atoms. The smallest absolute Gasteiger partial charge is 0.262 e. The molecule has 0 saturated heterocycles. The van der Waals surface area contributed by atoms with Crippen LogP contribution in [0.2, 0.25) is 0 Å².